The maximum absolute atomic E-state index is 11.0. The molecular formula is C12H13N3O2S. The molecule has 0 aliphatic heterocycles. The van der Waals surface area contributed by atoms with Gasteiger partial charge in [0, 0.05) is 30.9 Å². The van der Waals surface area contributed by atoms with E-state index in [1.165, 1.54) is 17.3 Å². The first-order valence-corrected chi connectivity index (χ1v) is 6.34. The van der Waals surface area contributed by atoms with Gasteiger partial charge in [-0.1, -0.05) is 6.07 Å². The molecule has 94 valence electrons. The molecule has 0 spiro atoms. The SMILES string of the molecule is CN(CCc1cccs1)c1nccnc1C(=O)O. The number of rotatable bonds is 5. The van der Waals surface area contributed by atoms with E-state index in [1.807, 2.05) is 23.4 Å². The van der Waals surface area contributed by atoms with Crippen molar-refractivity contribution in [2.24, 2.45) is 0 Å². The summed E-state index contributed by atoms with van der Waals surface area (Å²) in [6.45, 7) is 0.708. The normalized spacial score (nSPS) is 10.3. The van der Waals surface area contributed by atoms with Crippen LogP contribution in [0.5, 0.6) is 0 Å². The number of carboxylic acids is 1. The Hall–Kier alpha value is -1.95. The summed E-state index contributed by atoms with van der Waals surface area (Å²) in [6.07, 6.45) is 3.76. The van der Waals surface area contributed by atoms with Crippen molar-refractivity contribution in [1.29, 1.82) is 0 Å². The number of aromatic nitrogens is 2. The van der Waals surface area contributed by atoms with E-state index in [1.54, 1.807) is 11.3 Å². The van der Waals surface area contributed by atoms with E-state index in [2.05, 4.69) is 16.0 Å². The molecule has 0 bridgehead atoms. The molecule has 0 fully saturated rings. The fourth-order valence-electron chi connectivity index (χ4n) is 1.60. The van der Waals surface area contributed by atoms with Crippen LogP contribution in [-0.4, -0.2) is 34.6 Å². The molecule has 0 aliphatic rings. The van der Waals surface area contributed by atoms with Crippen molar-refractivity contribution in [2.75, 3.05) is 18.5 Å². The molecule has 0 aliphatic carbocycles. The van der Waals surface area contributed by atoms with Crippen LogP contribution >= 0.6 is 11.3 Å². The number of likely N-dealkylation sites (N-methyl/N-ethyl adjacent to an activating group) is 1. The van der Waals surface area contributed by atoms with Gasteiger partial charge in [0.1, 0.15) is 0 Å². The molecule has 0 radical (unpaired) electrons. The quantitative estimate of drug-likeness (QED) is 0.892. The van der Waals surface area contributed by atoms with E-state index in [-0.39, 0.29) is 5.69 Å². The monoisotopic (exact) mass is 263 g/mol. The molecule has 5 nitrogen and oxygen atoms in total. The van der Waals surface area contributed by atoms with Crippen LogP contribution < -0.4 is 4.90 Å². The topological polar surface area (TPSA) is 66.3 Å². The minimum atomic E-state index is -1.05. The van der Waals surface area contributed by atoms with Crippen molar-refractivity contribution in [3.05, 3.63) is 40.5 Å². The number of nitrogens with zero attached hydrogens (tertiary/aromatic N) is 3. The Morgan fingerprint density at radius 1 is 1.44 bits per heavy atom. The molecule has 0 aromatic carbocycles. The number of anilines is 1. The third kappa shape index (κ3) is 2.84. The number of thiophene rings is 1. The van der Waals surface area contributed by atoms with Gasteiger partial charge in [0.25, 0.3) is 0 Å². The third-order valence-electron chi connectivity index (χ3n) is 2.52. The lowest BCUT2D eigenvalue weighted by Crippen LogP contribution is -2.24. The molecule has 0 saturated heterocycles. The van der Waals surface area contributed by atoms with E-state index in [0.717, 1.165) is 6.42 Å². The lowest BCUT2D eigenvalue weighted by Gasteiger charge is -2.18. The van der Waals surface area contributed by atoms with Crippen molar-refractivity contribution in [1.82, 2.24) is 9.97 Å². The van der Waals surface area contributed by atoms with E-state index in [0.29, 0.717) is 12.4 Å². The van der Waals surface area contributed by atoms with Gasteiger partial charge in [-0.3, -0.25) is 0 Å². The third-order valence-corrected chi connectivity index (χ3v) is 3.45. The zero-order valence-electron chi connectivity index (χ0n) is 9.91. The second-order valence-electron chi connectivity index (χ2n) is 3.78. The highest BCUT2D eigenvalue weighted by Crippen LogP contribution is 2.15. The highest BCUT2D eigenvalue weighted by atomic mass is 32.1. The lowest BCUT2D eigenvalue weighted by molar-refractivity contribution is 0.0691. The summed E-state index contributed by atoms with van der Waals surface area (Å²) < 4.78 is 0. The molecular weight excluding hydrogens is 250 g/mol. The van der Waals surface area contributed by atoms with Crippen LogP contribution in [0, 0.1) is 0 Å². The Morgan fingerprint density at radius 2 is 2.22 bits per heavy atom. The highest BCUT2D eigenvalue weighted by molar-refractivity contribution is 7.09. The minimum Gasteiger partial charge on any atom is -0.476 e. The molecule has 18 heavy (non-hydrogen) atoms. The van der Waals surface area contributed by atoms with Crippen molar-refractivity contribution in [3.63, 3.8) is 0 Å². The highest BCUT2D eigenvalue weighted by Gasteiger charge is 2.15. The van der Waals surface area contributed by atoms with Crippen molar-refractivity contribution < 1.29 is 9.90 Å². The van der Waals surface area contributed by atoms with Gasteiger partial charge < -0.3 is 10.0 Å². The average Bonchev–Trinajstić information content (AvgIpc) is 2.89. The van der Waals surface area contributed by atoms with Gasteiger partial charge in [-0.15, -0.1) is 11.3 Å². The zero-order chi connectivity index (χ0) is 13.0. The molecule has 2 aromatic heterocycles. The molecule has 0 atom stereocenters. The van der Waals surface area contributed by atoms with Crippen molar-refractivity contribution in [2.45, 2.75) is 6.42 Å². The standard InChI is InChI=1S/C12H13N3O2S/c1-15(7-4-9-3-2-8-18-9)11-10(12(16)17)13-5-6-14-11/h2-3,5-6,8H,4,7H2,1H3,(H,16,17). The summed E-state index contributed by atoms with van der Waals surface area (Å²) in [6, 6.07) is 4.07. The van der Waals surface area contributed by atoms with E-state index < -0.39 is 5.97 Å². The number of hydrogen-bond donors (Lipinski definition) is 1. The van der Waals surface area contributed by atoms with Gasteiger partial charge >= 0.3 is 5.97 Å². The van der Waals surface area contributed by atoms with Gasteiger partial charge in [-0.05, 0) is 17.9 Å². The molecule has 6 heteroatoms. The Morgan fingerprint density at radius 3 is 2.89 bits per heavy atom. The van der Waals surface area contributed by atoms with Gasteiger partial charge in [0.2, 0.25) is 0 Å². The number of carbonyl (C=O) groups is 1. The van der Waals surface area contributed by atoms with E-state index in [9.17, 15) is 4.79 Å². The van der Waals surface area contributed by atoms with Crippen LogP contribution in [0.25, 0.3) is 0 Å². The van der Waals surface area contributed by atoms with E-state index in [4.69, 9.17) is 5.11 Å². The molecule has 2 rings (SSSR count). The van der Waals surface area contributed by atoms with Crippen LogP contribution in [0.15, 0.2) is 29.9 Å². The first-order valence-electron chi connectivity index (χ1n) is 5.46. The van der Waals surface area contributed by atoms with Crippen molar-refractivity contribution in [3.8, 4) is 0 Å². The second-order valence-corrected chi connectivity index (χ2v) is 4.82. The van der Waals surface area contributed by atoms with Crippen LogP contribution in [0.1, 0.15) is 15.4 Å². The van der Waals surface area contributed by atoms with Gasteiger partial charge in [0.15, 0.2) is 11.5 Å². The van der Waals surface area contributed by atoms with Gasteiger partial charge in [-0.2, -0.15) is 0 Å². The first kappa shape index (κ1) is 12.5. The Balaban J connectivity index is 2.09. The first-order chi connectivity index (χ1) is 8.68. The number of aromatic carboxylic acids is 1. The minimum absolute atomic E-state index is 0.00817. The molecule has 1 N–H and O–H groups in total. The maximum atomic E-state index is 11.0. The summed E-state index contributed by atoms with van der Waals surface area (Å²) in [5, 5.41) is 11.1. The van der Waals surface area contributed by atoms with Gasteiger partial charge in [0.05, 0.1) is 0 Å². The summed E-state index contributed by atoms with van der Waals surface area (Å²) in [7, 11) is 1.82. The average molecular weight is 263 g/mol. The van der Waals surface area contributed by atoms with Crippen LogP contribution in [0.4, 0.5) is 5.82 Å². The second kappa shape index (κ2) is 5.59. The fourth-order valence-corrected chi connectivity index (χ4v) is 2.30. The summed E-state index contributed by atoms with van der Waals surface area (Å²) in [5.74, 6) is -0.650. The van der Waals surface area contributed by atoms with Crippen LogP contribution in [0.2, 0.25) is 0 Å². The maximum Gasteiger partial charge on any atom is 0.358 e. The Bertz CT molecular complexity index is 528. The van der Waals surface area contributed by atoms with Gasteiger partial charge in [-0.25, -0.2) is 14.8 Å². The van der Waals surface area contributed by atoms with E-state index >= 15 is 0 Å². The lowest BCUT2D eigenvalue weighted by atomic mass is 10.3. The van der Waals surface area contributed by atoms with Crippen molar-refractivity contribution >= 4 is 23.1 Å². The predicted octanol–water partition coefficient (Wildman–Crippen LogP) is 1.92. The zero-order valence-corrected chi connectivity index (χ0v) is 10.7. The Labute approximate surface area is 109 Å². The summed E-state index contributed by atoms with van der Waals surface area (Å²) in [4.78, 5) is 22.0. The fraction of sp³-hybridized carbons (Fsp3) is 0.250. The largest absolute Gasteiger partial charge is 0.476 e. The molecule has 2 heterocycles. The summed E-state index contributed by atoms with van der Waals surface area (Å²) in [5.41, 5.74) is -0.00817. The molecule has 0 amide bonds. The number of carboxylic acid groups (broad SMARTS) is 1. The Kier molecular flexibility index (Phi) is 3.88. The molecule has 2 aromatic rings. The summed E-state index contributed by atoms with van der Waals surface area (Å²) >= 11 is 1.69. The number of hydrogen-bond acceptors (Lipinski definition) is 5. The smallest absolute Gasteiger partial charge is 0.358 e. The predicted molar refractivity (Wildman–Crippen MR) is 70.3 cm³/mol. The van der Waals surface area contributed by atoms with Crippen LogP contribution in [0.3, 0.4) is 0 Å². The molecule has 0 saturated carbocycles. The van der Waals surface area contributed by atoms with Crippen LogP contribution in [-0.2, 0) is 6.42 Å². The molecule has 0 unspecified atom stereocenters.